The normalized spacial score (nSPS) is 24.4. The molecule has 114 valence electrons. The van der Waals surface area contributed by atoms with E-state index in [-0.39, 0.29) is 0 Å². The molecule has 2 unspecified atom stereocenters. The summed E-state index contributed by atoms with van der Waals surface area (Å²) >= 11 is 0. The van der Waals surface area contributed by atoms with Crippen molar-refractivity contribution in [2.24, 2.45) is 11.8 Å². The molecule has 0 amide bonds. The Kier molecular flexibility index (Phi) is 5.54. The molecule has 1 aromatic heterocycles. The lowest BCUT2D eigenvalue weighted by Gasteiger charge is -2.35. The predicted molar refractivity (Wildman–Crippen MR) is 81.4 cm³/mol. The second-order valence-corrected chi connectivity index (χ2v) is 6.55. The van der Waals surface area contributed by atoms with E-state index in [0.717, 1.165) is 37.2 Å². The lowest BCUT2D eigenvalue weighted by Crippen LogP contribution is -2.40. The van der Waals surface area contributed by atoms with Crippen LogP contribution >= 0.6 is 0 Å². The van der Waals surface area contributed by atoms with Crippen LogP contribution in [0.15, 0.2) is 6.20 Å². The first-order chi connectivity index (χ1) is 9.54. The summed E-state index contributed by atoms with van der Waals surface area (Å²) in [7, 11) is 0. The van der Waals surface area contributed by atoms with E-state index in [4.69, 9.17) is 0 Å². The number of aromatic nitrogens is 3. The van der Waals surface area contributed by atoms with E-state index in [1.54, 1.807) is 0 Å². The third-order valence-corrected chi connectivity index (χ3v) is 4.34. The van der Waals surface area contributed by atoms with Crippen LogP contribution in [0, 0.1) is 11.8 Å². The fraction of sp³-hybridized carbons (Fsp3) is 0.867. The molecule has 1 saturated heterocycles. The van der Waals surface area contributed by atoms with Crippen LogP contribution in [-0.4, -0.2) is 45.6 Å². The Morgan fingerprint density at radius 3 is 2.80 bits per heavy atom. The van der Waals surface area contributed by atoms with E-state index in [2.05, 4.69) is 54.4 Å². The Morgan fingerprint density at radius 2 is 2.10 bits per heavy atom. The Hall–Kier alpha value is -0.940. The quantitative estimate of drug-likeness (QED) is 0.862. The van der Waals surface area contributed by atoms with Crippen molar-refractivity contribution in [2.75, 3.05) is 19.6 Å². The fourth-order valence-electron chi connectivity index (χ4n) is 2.63. The predicted octanol–water partition coefficient (Wildman–Crippen LogP) is 1.75. The van der Waals surface area contributed by atoms with Gasteiger partial charge >= 0.3 is 0 Å². The lowest BCUT2D eigenvalue weighted by atomic mass is 9.89. The van der Waals surface area contributed by atoms with Gasteiger partial charge in [0, 0.05) is 31.9 Å². The van der Waals surface area contributed by atoms with Crippen LogP contribution in [0.2, 0.25) is 0 Å². The van der Waals surface area contributed by atoms with E-state index < -0.39 is 0 Å². The topological polar surface area (TPSA) is 46.0 Å². The zero-order valence-corrected chi connectivity index (χ0v) is 13.3. The highest BCUT2D eigenvalue weighted by Crippen LogP contribution is 2.22. The molecular formula is C15H29N5. The number of hydrogen-bond donors (Lipinski definition) is 1. The highest BCUT2D eigenvalue weighted by molar-refractivity contribution is 4.91. The molecule has 0 aliphatic carbocycles. The minimum atomic E-state index is 0.483. The monoisotopic (exact) mass is 279 g/mol. The summed E-state index contributed by atoms with van der Waals surface area (Å²) < 4.78 is 1.97. The van der Waals surface area contributed by atoms with E-state index in [9.17, 15) is 0 Å². The van der Waals surface area contributed by atoms with Crippen LogP contribution in [0.1, 0.15) is 39.8 Å². The fourth-order valence-corrected chi connectivity index (χ4v) is 2.63. The molecule has 2 rings (SSSR count). The van der Waals surface area contributed by atoms with Gasteiger partial charge in [0.2, 0.25) is 0 Å². The zero-order chi connectivity index (χ0) is 14.5. The molecule has 0 radical (unpaired) electrons. The first-order valence-electron chi connectivity index (χ1n) is 7.89. The Balaban J connectivity index is 1.74. The smallest absolute Gasteiger partial charge is 0.0964 e. The van der Waals surface area contributed by atoms with Gasteiger partial charge in [0.05, 0.1) is 12.2 Å². The standard InChI is InChI=1S/C15H29N5/c1-12(2)16-9-15-11-20(18-17-15)8-7-19-6-5-13(3)14(4)10-19/h11-14,16H,5-10H2,1-4H3. The number of likely N-dealkylation sites (tertiary alicyclic amines) is 1. The summed E-state index contributed by atoms with van der Waals surface area (Å²) in [5.74, 6) is 1.68. The van der Waals surface area contributed by atoms with Crippen LogP contribution in [0.4, 0.5) is 0 Å². The van der Waals surface area contributed by atoms with Crippen LogP contribution in [0.25, 0.3) is 0 Å². The average molecular weight is 279 g/mol. The van der Waals surface area contributed by atoms with Crippen molar-refractivity contribution in [3.63, 3.8) is 0 Å². The maximum Gasteiger partial charge on any atom is 0.0964 e. The van der Waals surface area contributed by atoms with Gasteiger partial charge in [0.1, 0.15) is 0 Å². The molecule has 1 fully saturated rings. The number of piperidine rings is 1. The van der Waals surface area contributed by atoms with Crippen LogP contribution in [0.3, 0.4) is 0 Å². The molecule has 0 spiro atoms. The summed E-state index contributed by atoms with van der Waals surface area (Å²) in [5, 5.41) is 11.8. The second kappa shape index (κ2) is 7.18. The number of rotatable bonds is 6. The number of hydrogen-bond acceptors (Lipinski definition) is 4. The molecule has 0 aromatic carbocycles. The zero-order valence-electron chi connectivity index (χ0n) is 13.3. The third kappa shape index (κ3) is 4.56. The van der Waals surface area contributed by atoms with Crippen molar-refractivity contribution in [2.45, 2.75) is 53.2 Å². The average Bonchev–Trinajstić information content (AvgIpc) is 2.86. The largest absolute Gasteiger partial charge is 0.309 e. The number of nitrogens with zero attached hydrogens (tertiary/aromatic N) is 4. The molecule has 2 heterocycles. The number of nitrogens with one attached hydrogen (secondary N) is 1. The van der Waals surface area contributed by atoms with Gasteiger partial charge in [0.15, 0.2) is 0 Å². The van der Waals surface area contributed by atoms with E-state index in [0.29, 0.717) is 6.04 Å². The molecule has 20 heavy (non-hydrogen) atoms. The molecule has 5 nitrogen and oxygen atoms in total. The molecular weight excluding hydrogens is 250 g/mol. The summed E-state index contributed by atoms with van der Waals surface area (Å²) in [6, 6.07) is 0.483. The molecule has 0 saturated carbocycles. The van der Waals surface area contributed by atoms with E-state index >= 15 is 0 Å². The molecule has 1 aliphatic heterocycles. The second-order valence-electron chi connectivity index (χ2n) is 6.55. The molecule has 5 heteroatoms. The van der Waals surface area contributed by atoms with Gasteiger partial charge in [-0.25, -0.2) is 0 Å². The minimum Gasteiger partial charge on any atom is -0.309 e. The van der Waals surface area contributed by atoms with Crippen LogP contribution < -0.4 is 5.32 Å². The molecule has 1 aromatic rings. The van der Waals surface area contributed by atoms with E-state index in [1.807, 2.05) is 4.68 Å². The molecule has 1 N–H and O–H groups in total. The SMILES string of the molecule is CC(C)NCc1cn(CCN2CCC(C)C(C)C2)nn1. The van der Waals surface area contributed by atoms with Gasteiger partial charge in [-0.2, -0.15) is 0 Å². The van der Waals surface area contributed by atoms with Gasteiger partial charge in [-0.1, -0.05) is 32.9 Å². The van der Waals surface area contributed by atoms with Crippen molar-refractivity contribution >= 4 is 0 Å². The third-order valence-electron chi connectivity index (χ3n) is 4.34. The van der Waals surface area contributed by atoms with Crippen LogP contribution in [-0.2, 0) is 13.1 Å². The summed E-state index contributed by atoms with van der Waals surface area (Å²) in [4.78, 5) is 2.55. The van der Waals surface area contributed by atoms with Gasteiger partial charge in [-0.15, -0.1) is 5.10 Å². The minimum absolute atomic E-state index is 0.483. The first-order valence-corrected chi connectivity index (χ1v) is 7.89. The summed E-state index contributed by atoms with van der Waals surface area (Å²) in [5.41, 5.74) is 1.03. The van der Waals surface area contributed by atoms with Gasteiger partial charge in [0.25, 0.3) is 0 Å². The van der Waals surface area contributed by atoms with Crippen molar-refractivity contribution in [3.05, 3.63) is 11.9 Å². The van der Waals surface area contributed by atoms with Gasteiger partial charge < -0.3 is 10.2 Å². The first kappa shape index (κ1) is 15.4. The van der Waals surface area contributed by atoms with Gasteiger partial charge in [-0.05, 0) is 24.8 Å². The summed E-state index contributed by atoms with van der Waals surface area (Å²) in [6.45, 7) is 14.3. The molecule has 0 bridgehead atoms. The Labute approximate surface area is 122 Å². The van der Waals surface area contributed by atoms with Gasteiger partial charge in [-0.3, -0.25) is 4.68 Å². The maximum absolute atomic E-state index is 4.21. The molecule has 2 atom stereocenters. The van der Waals surface area contributed by atoms with Crippen molar-refractivity contribution < 1.29 is 0 Å². The summed E-state index contributed by atoms with van der Waals surface area (Å²) in [6.07, 6.45) is 3.38. The van der Waals surface area contributed by atoms with Crippen molar-refractivity contribution in [1.82, 2.24) is 25.2 Å². The highest BCUT2D eigenvalue weighted by atomic mass is 15.4. The lowest BCUT2D eigenvalue weighted by molar-refractivity contribution is 0.133. The maximum atomic E-state index is 4.21. The van der Waals surface area contributed by atoms with E-state index in [1.165, 1.54) is 19.5 Å². The van der Waals surface area contributed by atoms with Crippen molar-refractivity contribution in [3.8, 4) is 0 Å². The Bertz CT molecular complexity index is 401. The van der Waals surface area contributed by atoms with Crippen LogP contribution in [0.5, 0.6) is 0 Å². The molecule has 1 aliphatic rings. The Morgan fingerprint density at radius 1 is 1.30 bits per heavy atom. The highest BCUT2D eigenvalue weighted by Gasteiger charge is 2.22. The van der Waals surface area contributed by atoms with Crippen molar-refractivity contribution in [1.29, 1.82) is 0 Å².